The number of nitrogens with one attached hydrogen (secondary N) is 2. The number of pyridine rings is 1. The summed E-state index contributed by atoms with van der Waals surface area (Å²) in [5, 5.41) is 22.5. The number of anilines is 1. The molecule has 4 bridgehead atoms. The Labute approximate surface area is 215 Å². The zero-order valence-corrected chi connectivity index (χ0v) is 21.3. The lowest BCUT2D eigenvalue weighted by molar-refractivity contribution is -0.137. The average Bonchev–Trinajstić information content (AvgIpc) is 2.85. The highest BCUT2D eigenvalue weighted by molar-refractivity contribution is 5.89. The predicted octanol–water partition coefficient (Wildman–Crippen LogP) is 3.45. The van der Waals surface area contributed by atoms with Crippen LogP contribution < -0.4 is 10.2 Å². The van der Waals surface area contributed by atoms with Crippen LogP contribution in [-0.4, -0.2) is 70.3 Å². The Morgan fingerprint density at radius 1 is 1.19 bits per heavy atom. The van der Waals surface area contributed by atoms with Gasteiger partial charge in [-0.15, -0.1) is 0 Å². The molecule has 0 aromatic carbocycles. The predicted molar refractivity (Wildman–Crippen MR) is 132 cm³/mol. The number of carbonyl (C=O) groups is 1. The van der Waals surface area contributed by atoms with Gasteiger partial charge < -0.3 is 10.2 Å². The number of rotatable bonds is 6. The number of nitrogens with zero attached hydrogens (tertiary/aromatic N) is 5. The first-order valence-corrected chi connectivity index (χ1v) is 13.0. The van der Waals surface area contributed by atoms with E-state index in [9.17, 15) is 23.2 Å². The second-order valence-corrected chi connectivity index (χ2v) is 11.8. The van der Waals surface area contributed by atoms with Gasteiger partial charge in [0.1, 0.15) is 11.7 Å². The molecule has 2 heterocycles. The Bertz CT molecular complexity index is 1060. The van der Waals surface area contributed by atoms with Gasteiger partial charge in [-0.1, -0.05) is 0 Å². The van der Waals surface area contributed by atoms with Gasteiger partial charge in [0.2, 0.25) is 6.41 Å². The molecule has 5 fully saturated rings. The first kappa shape index (κ1) is 25.8. The monoisotopic (exact) mass is 517 g/mol. The van der Waals surface area contributed by atoms with Crippen LogP contribution in [0.1, 0.15) is 51.5 Å². The number of nitriles is 1. The van der Waals surface area contributed by atoms with Crippen molar-refractivity contribution >= 4 is 18.1 Å². The van der Waals surface area contributed by atoms with Gasteiger partial charge in [-0.2, -0.15) is 18.4 Å². The van der Waals surface area contributed by atoms with Crippen LogP contribution in [0.3, 0.4) is 0 Å². The zero-order valence-electron chi connectivity index (χ0n) is 21.3. The fourth-order valence-corrected chi connectivity index (χ4v) is 7.67. The minimum Gasteiger partial charge on any atom is -0.354 e. The van der Waals surface area contributed by atoms with E-state index in [1.165, 1.54) is 6.07 Å². The quantitative estimate of drug-likeness (QED) is 0.197. The van der Waals surface area contributed by atoms with Crippen molar-refractivity contribution in [2.45, 2.75) is 69.2 Å². The van der Waals surface area contributed by atoms with Gasteiger partial charge in [0, 0.05) is 37.9 Å². The number of halogens is 3. The van der Waals surface area contributed by atoms with Crippen LogP contribution >= 0.6 is 0 Å². The molecule has 1 amide bonds. The normalized spacial score (nSPS) is 31.6. The summed E-state index contributed by atoms with van der Waals surface area (Å²) in [6, 6.07) is 2.44. The molecule has 37 heavy (non-hydrogen) atoms. The Morgan fingerprint density at radius 2 is 1.84 bits per heavy atom. The molecular formula is C26H34F3N7O. The number of piperazine rings is 1. The molecule has 2 unspecified atom stereocenters. The van der Waals surface area contributed by atoms with Crippen LogP contribution in [0.5, 0.6) is 0 Å². The summed E-state index contributed by atoms with van der Waals surface area (Å²) in [6.45, 7) is 6.27. The maximum Gasteiger partial charge on any atom is 0.417 e. The van der Waals surface area contributed by atoms with Gasteiger partial charge >= 0.3 is 6.18 Å². The second-order valence-electron chi connectivity index (χ2n) is 11.8. The minimum absolute atomic E-state index is 0.0208. The van der Waals surface area contributed by atoms with Crippen molar-refractivity contribution < 1.29 is 18.0 Å². The SMILES string of the molecule is CC(C)(C(=N)N(C#N)C1C2CC3CC1CC(NC=O)(C3)C2)N1CCN(c2ccc(C(F)(F)F)cn2)CC1. The van der Waals surface area contributed by atoms with E-state index in [4.69, 9.17) is 5.41 Å². The van der Waals surface area contributed by atoms with Gasteiger partial charge in [-0.25, -0.2) is 4.98 Å². The van der Waals surface area contributed by atoms with E-state index in [0.29, 0.717) is 37.9 Å². The van der Waals surface area contributed by atoms with E-state index in [0.717, 1.165) is 50.8 Å². The Kier molecular flexibility index (Phi) is 6.37. The van der Waals surface area contributed by atoms with Gasteiger partial charge in [-0.05, 0) is 75.8 Å². The molecule has 0 radical (unpaired) electrons. The number of amidine groups is 1. The highest BCUT2D eigenvalue weighted by Gasteiger charge is 2.58. The van der Waals surface area contributed by atoms with E-state index in [1.54, 1.807) is 4.90 Å². The Hall–Kier alpha value is -2.87. The van der Waals surface area contributed by atoms with E-state index in [2.05, 4.69) is 21.4 Å². The smallest absolute Gasteiger partial charge is 0.354 e. The van der Waals surface area contributed by atoms with E-state index in [-0.39, 0.29) is 29.3 Å². The average molecular weight is 518 g/mol. The Balaban J connectivity index is 1.25. The molecule has 5 aliphatic rings. The molecule has 2 atom stereocenters. The molecule has 2 N–H and O–H groups in total. The highest BCUT2D eigenvalue weighted by atomic mass is 19.4. The Morgan fingerprint density at radius 3 is 2.35 bits per heavy atom. The summed E-state index contributed by atoms with van der Waals surface area (Å²) in [6.07, 6.45) is 4.42. The lowest BCUT2D eigenvalue weighted by Crippen LogP contribution is -2.68. The van der Waals surface area contributed by atoms with Crippen molar-refractivity contribution in [3.63, 3.8) is 0 Å². The lowest BCUT2D eigenvalue weighted by atomic mass is 9.50. The third-order valence-electron chi connectivity index (χ3n) is 9.28. The number of aromatic nitrogens is 1. The van der Waals surface area contributed by atoms with Crippen molar-refractivity contribution in [3.05, 3.63) is 23.9 Å². The third-order valence-corrected chi connectivity index (χ3v) is 9.28. The maximum absolute atomic E-state index is 12.9. The summed E-state index contributed by atoms with van der Waals surface area (Å²) >= 11 is 0. The first-order valence-electron chi connectivity index (χ1n) is 13.0. The van der Waals surface area contributed by atoms with E-state index >= 15 is 0 Å². The molecule has 1 aromatic rings. The summed E-state index contributed by atoms with van der Waals surface area (Å²) < 4.78 is 38.6. The summed E-state index contributed by atoms with van der Waals surface area (Å²) in [5.41, 5.74) is -1.61. The molecule has 11 heteroatoms. The van der Waals surface area contributed by atoms with Crippen LogP contribution in [0, 0.1) is 34.6 Å². The second kappa shape index (κ2) is 9.15. The van der Waals surface area contributed by atoms with Crippen molar-refractivity contribution in [1.29, 1.82) is 10.7 Å². The maximum atomic E-state index is 12.9. The fraction of sp³-hybridized carbons (Fsp3) is 0.692. The van der Waals surface area contributed by atoms with Crippen molar-refractivity contribution in [2.75, 3.05) is 31.1 Å². The summed E-state index contributed by atoms with van der Waals surface area (Å²) in [7, 11) is 0. The molecule has 200 valence electrons. The molecule has 0 spiro atoms. The fourth-order valence-electron chi connectivity index (χ4n) is 7.67. The van der Waals surface area contributed by atoms with E-state index < -0.39 is 17.3 Å². The lowest BCUT2D eigenvalue weighted by Gasteiger charge is -2.61. The molecule has 4 saturated carbocycles. The first-order chi connectivity index (χ1) is 17.5. The molecular weight excluding hydrogens is 483 g/mol. The van der Waals surface area contributed by atoms with Crippen molar-refractivity contribution in [2.24, 2.45) is 17.8 Å². The van der Waals surface area contributed by atoms with Crippen LogP contribution in [0.4, 0.5) is 19.0 Å². The molecule has 1 saturated heterocycles. The highest BCUT2D eigenvalue weighted by Crippen LogP contribution is 2.57. The van der Waals surface area contributed by atoms with Crippen molar-refractivity contribution in [3.8, 4) is 6.19 Å². The van der Waals surface area contributed by atoms with Crippen LogP contribution in [0.2, 0.25) is 0 Å². The molecule has 8 nitrogen and oxygen atoms in total. The number of hydrogen-bond donors (Lipinski definition) is 2. The number of amides is 1. The standard InChI is InChI=1S/C26H34F3N7O/c1-24(2,35-7-5-34(6-8-35)21-4-3-20(14-32-21)26(27,28)29)23(31)36(15-30)22-18-9-17-10-19(22)13-25(11-17,12-18)33-16-37/h3-4,14,16-19,22,31H,5-13H2,1-2H3,(H,33,37). The van der Waals surface area contributed by atoms with Crippen LogP contribution in [0.15, 0.2) is 18.3 Å². The number of hydrogen-bond acceptors (Lipinski definition) is 6. The summed E-state index contributed by atoms with van der Waals surface area (Å²) in [5.74, 6) is 1.90. The van der Waals surface area contributed by atoms with Gasteiger partial charge in [0.15, 0.2) is 6.19 Å². The van der Waals surface area contributed by atoms with Gasteiger partial charge in [0.25, 0.3) is 0 Å². The minimum atomic E-state index is -4.41. The van der Waals surface area contributed by atoms with Crippen LogP contribution in [-0.2, 0) is 11.0 Å². The topological polar surface area (TPSA) is 99.3 Å². The van der Waals surface area contributed by atoms with Gasteiger partial charge in [-0.3, -0.25) is 20.0 Å². The molecule has 1 aromatic heterocycles. The molecule has 1 aliphatic heterocycles. The van der Waals surface area contributed by atoms with Crippen LogP contribution in [0.25, 0.3) is 0 Å². The molecule has 4 aliphatic carbocycles. The largest absolute Gasteiger partial charge is 0.417 e. The van der Waals surface area contributed by atoms with E-state index in [1.807, 2.05) is 18.7 Å². The number of carbonyl (C=O) groups excluding carboxylic acids is 1. The molecule has 6 rings (SSSR count). The number of alkyl halides is 3. The third kappa shape index (κ3) is 4.54. The summed E-state index contributed by atoms with van der Waals surface area (Å²) in [4.78, 5) is 21.1. The van der Waals surface area contributed by atoms with Gasteiger partial charge in [0.05, 0.1) is 17.1 Å². The van der Waals surface area contributed by atoms with Crippen molar-refractivity contribution in [1.82, 2.24) is 20.1 Å². The zero-order chi connectivity index (χ0) is 26.6.